The molecule has 0 spiro atoms. The lowest BCUT2D eigenvalue weighted by molar-refractivity contribution is 0.669. The second-order valence-corrected chi connectivity index (χ2v) is 12.1. The van der Waals surface area contributed by atoms with Gasteiger partial charge in [-0.15, -0.1) is 0 Å². The third kappa shape index (κ3) is 3.62. The first-order valence-electron chi connectivity index (χ1n) is 15.8. The number of rotatable bonds is 4. The molecule has 0 unspecified atom stereocenters. The van der Waals surface area contributed by atoms with E-state index in [4.69, 9.17) is 9.40 Å². The van der Waals surface area contributed by atoms with Crippen LogP contribution in [0, 0.1) is 0 Å². The molecule has 10 rings (SSSR count). The highest BCUT2D eigenvalue weighted by Gasteiger charge is 2.45. The lowest BCUT2D eigenvalue weighted by atomic mass is 9.63. The first-order chi connectivity index (χ1) is 23.3. The molecule has 0 fully saturated rings. The van der Waals surface area contributed by atoms with Gasteiger partial charge in [-0.2, -0.15) is 0 Å². The molecule has 0 saturated heterocycles. The lowest BCUT2D eigenvalue weighted by Gasteiger charge is -2.41. The number of hydrogen-bond acceptors (Lipinski definition) is 4. The summed E-state index contributed by atoms with van der Waals surface area (Å²) in [5, 5.41) is 2.23. The minimum Gasteiger partial charge on any atom is -0.456 e. The summed E-state index contributed by atoms with van der Waals surface area (Å²) >= 11 is 0. The maximum atomic E-state index is 6.18. The highest BCUT2D eigenvalue weighted by Crippen LogP contribution is 2.54. The minimum absolute atomic E-state index is 0.612. The van der Waals surface area contributed by atoms with Gasteiger partial charge in [-0.1, -0.05) is 103 Å². The molecule has 0 aliphatic carbocycles. The molecule has 47 heavy (non-hydrogen) atoms. The van der Waals surface area contributed by atoms with Crippen molar-refractivity contribution in [2.45, 2.75) is 5.41 Å². The Hall–Kier alpha value is -6.33. The Morgan fingerprint density at radius 2 is 1.30 bits per heavy atom. The van der Waals surface area contributed by atoms with Crippen LogP contribution in [0.25, 0.3) is 61.3 Å². The van der Waals surface area contributed by atoms with E-state index in [1.165, 1.54) is 22.3 Å². The number of fused-ring (bicyclic) bond motifs is 5. The van der Waals surface area contributed by atoms with Gasteiger partial charge >= 0.3 is 0 Å². The van der Waals surface area contributed by atoms with E-state index in [-0.39, 0.29) is 0 Å². The average Bonchev–Trinajstić information content (AvgIpc) is 3.72. The molecule has 6 aromatic carbocycles. The van der Waals surface area contributed by atoms with Crippen molar-refractivity contribution in [2.24, 2.45) is 0 Å². The molecule has 9 aromatic rings. The highest BCUT2D eigenvalue weighted by atomic mass is 16.3. The monoisotopic (exact) mass is 602 g/mol. The predicted molar refractivity (Wildman–Crippen MR) is 187 cm³/mol. The molecular formula is C42H26N4O. The molecule has 0 saturated carbocycles. The van der Waals surface area contributed by atoms with Crippen LogP contribution in [-0.2, 0) is 5.41 Å². The second kappa shape index (κ2) is 9.83. The molecule has 0 radical (unpaired) electrons. The zero-order valence-electron chi connectivity index (χ0n) is 25.2. The van der Waals surface area contributed by atoms with Gasteiger partial charge in [0.05, 0.1) is 22.1 Å². The van der Waals surface area contributed by atoms with E-state index >= 15 is 0 Å². The van der Waals surface area contributed by atoms with Crippen molar-refractivity contribution in [2.75, 3.05) is 0 Å². The fraction of sp³-hybridized carbons (Fsp3) is 0.0238. The van der Waals surface area contributed by atoms with Gasteiger partial charge in [0.25, 0.3) is 0 Å². The van der Waals surface area contributed by atoms with Crippen LogP contribution in [-0.4, -0.2) is 19.5 Å². The summed E-state index contributed by atoms with van der Waals surface area (Å²) in [6.45, 7) is 0. The molecule has 0 atom stereocenters. The van der Waals surface area contributed by atoms with Crippen molar-refractivity contribution in [3.05, 3.63) is 180 Å². The van der Waals surface area contributed by atoms with Crippen LogP contribution >= 0.6 is 0 Å². The number of furan rings is 1. The van der Waals surface area contributed by atoms with Gasteiger partial charge in [-0.25, -0.2) is 15.0 Å². The Kier molecular flexibility index (Phi) is 5.43. The van der Waals surface area contributed by atoms with Crippen molar-refractivity contribution >= 4 is 33.0 Å². The van der Waals surface area contributed by atoms with Crippen molar-refractivity contribution in [1.29, 1.82) is 0 Å². The van der Waals surface area contributed by atoms with Crippen LogP contribution in [0.3, 0.4) is 0 Å². The molecule has 3 aromatic heterocycles. The Labute approximate surface area is 270 Å². The number of nitrogens with zero attached hydrogens (tertiary/aromatic N) is 4. The number of benzene rings is 6. The van der Waals surface area contributed by atoms with Crippen molar-refractivity contribution in [3.63, 3.8) is 0 Å². The van der Waals surface area contributed by atoms with E-state index in [2.05, 4.69) is 142 Å². The maximum absolute atomic E-state index is 6.18. The Morgan fingerprint density at radius 1 is 0.574 bits per heavy atom. The molecule has 0 bridgehead atoms. The van der Waals surface area contributed by atoms with E-state index in [1.54, 1.807) is 12.5 Å². The summed E-state index contributed by atoms with van der Waals surface area (Å²) < 4.78 is 8.47. The molecule has 1 aliphatic rings. The van der Waals surface area contributed by atoms with E-state index in [0.717, 1.165) is 61.3 Å². The summed E-state index contributed by atoms with van der Waals surface area (Å²) in [5.41, 5.74) is 12.1. The Morgan fingerprint density at radius 3 is 2.09 bits per heavy atom. The van der Waals surface area contributed by atoms with Crippen molar-refractivity contribution in [1.82, 2.24) is 19.5 Å². The second-order valence-electron chi connectivity index (χ2n) is 12.1. The van der Waals surface area contributed by atoms with Crippen molar-refractivity contribution < 1.29 is 4.42 Å². The van der Waals surface area contributed by atoms with Crippen LogP contribution in [0.1, 0.15) is 22.3 Å². The fourth-order valence-electron chi connectivity index (χ4n) is 7.69. The minimum atomic E-state index is -0.612. The van der Waals surface area contributed by atoms with Gasteiger partial charge in [-0.05, 0) is 75.8 Å². The number of hydrogen-bond donors (Lipinski definition) is 0. The largest absolute Gasteiger partial charge is 0.456 e. The molecule has 0 amide bonds. The van der Waals surface area contributed by atoms with Crippen LogP contribution in [0.2, 0.25) is 0 Å². The SMILES string of the molecule is c1ccc(C2(c3ccccc3)c3cc(-c4ccc5oc6ccccc6c5c4)ccc3-n3c(-c4ccncn4)nc4cccc2c43)cc1. The van der Waals surface area contributed by atoms with Gasteiger partial charge in [0, 0.05) is 17.0 Å². The lowest BCUT2D eigenvalue weighted by Crippen LogP contribution is -2.35. The van der Waals surface area contributed by atoms with Gasteiger partial charge in [-0.3, -0.25) is 4.57 Å². The molecule has 5 nitrogen and oxygen atoms in total. The van der Waals surface area contributed by atoms with E-state index in [1.807, 2.05) is 18.2 Å². The van der Waals surface area contributed by atoms with Gasteiger partial charge < -0.3 is 4.42 Å². The molecule has 220 valence electrons. The molecule has 0 N–H and O–H groups in total. The normalized spacial score (nSPS) is 13.3. The Bertz CT molecular complexity index is 2580. The van der Waals surface area contributed by atoms with Gasteiger partial charge in [0.15, 0.2) is 5.82 Å². The maximum Gasteiger partial charge on any atom is 0.164 e. The summed E-state index contributed by atoms with van der Waals surface area (Å²) in [7, 11) is 0. The van der Waals surface area contributed by atoms with Gasteiger partial charge in [0.2, 0.25) is 0 Å². The third-order valence-electron chi connectivity index (χ3n) is 9.66. The summed E-state index contributed by atoms with van der Waals surface area (Å²) in [4.78, 5) is 14.0. The zero-order chi connectivity index (χ0) is 31.0. The smallest absolute Gasteiger partial charge is 0.164 e. The van der Waals surface area contributed by atoms with Gasteiger partial charge in [0.1, 0.15) is 23.2 Å². The summed E-state index contributed by atoms with van der Waals surface area (Å²) in [6.07, 6.45) is 3.36. The first kappa shape index (κ1) is 25.9. The summed E-state index contributed by atoms with van der Waals surface area (Å²) in [6, 6.07) is 51.8. The van der Waals surface area contributed by atoms with E-state index < -0.39 is 5.41 Å². The quantitative estimate of drug-likeness (QED) is 0.201. The van der Waals surface area contributed by atoms with E-state index in [0.29, 0.717) is 0 Å². The van der Waals surface area contributed by atoms with E-state index in [9.17, 15) is 0 Å². The first-order valence-corrected chi connectivity index (χ1v) is 15.8. The fourth-order valence-corrected chi connectivity index (χ4v) is 7.69. The van der Waals surface area contributed by atoms with Crippen LogP contribution in [0.15, 0.2) is 163 Å². The zero-order valence-corrected chi connectivity index (χ0v) is 25.2. The highest BCUT2D eigenvalue weighted by molar-refractivity contribution is 6.06. The van der Waals surface area contributed by atoms with Crippen molar-refractivity contribution in [3.8, 4) is 28.3 Å². The Balaban J connectivity index is 1.34. The van der Waals surface area contributed by atoms with Crippen LogP contribution in [0.4, 0.5) is 0 Å². The molecule has 5 heteroatoms. The number of para-hydroxylation sites is 2. The number of aromatic nitrogens is 4. The standard InChI is InChI=1S/C42H26N4O/c1-3-10-29(11-4-1)42(30-12-5-2-6-13-30)33-15-9-16-35-40(33)46(41(45-35)36-22-23-43-26-44-36)37-20-18-28(25-34(37)42)27-19-21-39-32(24-27)31-14-7-8-17-38(31)47-39/h1-26H. The average molecular weight is 603 g/mol. The third-order valence-corrected chi connectivity index (χ3v) is 9.66. The topological polar surface area (TPSA) is 56.7 Å². The molecule has 4 heterocycles. The van der Waals surface area contributed by atoms with Crippen LogP contribution < -0.4 is 0 Å². The molecule has 1 aliphatic heterocycles. The predicted octanol–water partition coefficient (Wildman–Crippen LogP) is 9.74. The number of imidazole rings is 1. The van der Waals surface area contributed by atoms with Crippen LogP contribution in [0.5, 0.6) is 0 Å². The molecular weight excluding hydrogens is 576 g/mol. The summed E-state index contributed by atoms with van der Waals surface area (Å²) in [5.74, 6) is 0.796.